The highest BCUT2D eigenvalue weighted by Gasteiger charge is 2.08. The lowest BCUT2D eigenvalue weighted by atomic mass is 10.3. The third-order valence-corrected chi connectivity index (χ3v) is 1.96. The summed E-state index contributed by atoms with van der Waals surface area (Å²) in [6.45, 7) is 2.32. The lowest BCUT2D eigenvalue weighted by Gasteiger charge is -2.10. The zero-order chi connectivity index (χ0) is 11.3. The molecule has 0 aliphatic carbocycles. The first-order valence-electron chi connectivity index (χ1n) is 4.67. The maximum absolute atomic E-state index is 11.5. The average molecular weight is 246 g/mol. The molecule has 0 saturated heterocycles. The third-order valence-electron chi connectivity index (χ3n) is 1.96. The Bertz CT molecular complexity index is 347. The molecular formula is C10H16ClN3O2. The Kier molecular flexibility index (Phi) is 6.44. The van der Waals surface area contributed by atoms with Gasteiger partial charge in [-0.3, -0.25) is 4.79 Å². The lowest BCUT2D eigenvalue weighted by molar-refractivity contribution is 0.0866. The summed E-state index contributed by atoms with van der Waals surface area (Å²) in [6.07, 6.45) is -0.0185. The zero-order valence-electron chi connectivity index (χ0n) is 9.27. The summed E-state index contributed by atoms with van der Waals surface area (Å²) in [5.41, 5.74) is 5.78. The van der Waals surface area contributed by atoms with Crippen LogP contribution in [0.5, 0.6) is 0 Å². The molecule has 1 unspecified atom stereocenters. The van der Waals surface area contributed by atoms with E-state index in [4.69, 9.17) is 10.5 Å². The number of pyridine rings is 1. The molecule has 1 aromatic rings. The minimum absolute atomic E-state index is 0. The van der Waals surface area contributed by atoms with Crippen molar-refractivity contribution in [3.8, 4) is 0 Å². The van der Waals surface area contributed by atoms with E-state index in [1.807, 2.05) is 6.92 Å². The van der Waals surface area contributed by atoms with E-state index in [1.54, 1.807) is 25.3 Å². The molecule has 90 valence electrons. The molecule has 0 aliphatic heterocycles. The van der Waals surface area contributed by atoms with Crippen molar-refractivity contribution in [2.75, 3.05) is 19.4 Å². The number of hydrogen-bond acceptors (Lipinski definition) is 4. The Morgan fingerprint density at radius 2 is 2.31 bits per heavy atom. The number of nitrogens with zero attached hydrogens (tertiary/aromatic N) is 1. The van der Waals surface area contributed by atoms with E-state index in [2.05, 4.69) is 10.3 Å². The molecule has 1 heterocycles. The fraction of sp³-hybridized carbons (Fsp3) is 0.400. The van der Waals surface area contributed by atoms with Crippen molar-refractivity contribution >= 4 is 24.1 Å². The number of nitrogen functional groups attached to an aromatic ring is 1. The van der Waals surface area contributed by atoms with E-state index in [0.717, 1.165) is 0 Å². The normalized spacial score (nSPS) is 11.4. The quantitative estimate of drug-likeness (QED) is 0.825. The minimum atomic E-state index is -0.244. The first-order chi connectivity index (χ1) is 7.13. The SMILES string of the molecule is COC(C)CNC(=O)c1cccc(N)n1.Cl. The van der Waals surface area contributed by atoms with Crippen LogP contribution in [0, 0.1) is 0 Å². The number of ether oxygens (including phenoxy) is 1. The van der Waals surface area contributed by atoms with E-state index in [-0.39, 0.29) is 24.4 Å². The number of hydrogen-bond donors (Lipinski definition) is 2. The molecule has 0 saturated carbocycles. The van der Waals surface area contributed by atoms with Crippen LogP contribution in [0.4, 0.5) is 5.82 Å². The van der Waals surface area contributed by atoms with Gasteiger partial charge in [-0.05, 0) is 19.1 Å². The van der Waals surface area contributed by atoms with Crippen molar-refractivity contribution in [1.29, 1.82) is 0 Å². The Labute approximate surface area is 101 Å². The summed E-state index contributed by atoms with van der Waals surface area (Å²) < 4.78 is 5.00. The van der Waals surface area contributed by atoms with Gasteiger partial charge in [0, 0.05) is 13.7 Å². The van der Waals surface area contributed by atoms with Crippen molar-refractivity contribution < 1.29 is 9.53 Å². The van der Waals surface area contributed by atoms with Crippen molar-refractivity contribution in [2.24, 2.45) is 0 Å². The highest BCUT2D eigenvalue weighted by atomic mass is 35.5. The molecule has 1 aromatic heterocycles. The molecule has 0 aliphatic rings. The highest BCUT2D eigenvalue weighted by Crippen LogP contribution is 2.00. The number of amides is 1. The molecular weight excluding hydrogens is 230 g/mol. The Hall–Kier alpha value is -1.33. The predicted octanol–water partition coefficient (Wildman–Crippen LogP) is 0.850. The first kappa shape index (κ1) is 14.7. The van der Waals surface area contributed by atoms with Crippen molar-refractivity contribution in [1.82, 2.24) is 10.3 Å². The van der Waals surface area contributed by atoms with Gasteiger partial charge in [0.25, 0.3) is 5.91 Å². The summed E-state index contributed by atoms with van der Waals surface area (Å²) in [4.78, 5) is 15.4. The Morgan fingerprint density at radius 1 is 1.62 bits per heavy atom. The van der Waals surface area contributed by atoms with Crippen LogP contribution in [-0.4, -0.2) is 30.6 Å². The molecule has 0 bridgehead atoms. The standard InChI is InChI=1S/C10H15N3O2.ClH/c1-7(15-2)6-12-10(14)8-4-3-5-9(11)13-8;/h3-5,7H,6H2,1-2H3,(H2,11,13)(H,12,14);1H. The Balaban J connectivity index is 0.00000225. The number of methoxy groups -OCH3 is 1. The topological polar surface area (TPSA) is 77.2 Å². The second-order valence-corrected chi connectivity index (χ2v) is 3.20. The number of rotatable bonds is 4. The Morgan fingerprint density at radius 3 is 2.88 bits per heavy atom. The molecule has 1 amide bonds. The van der Waals surface area contributed by atoms with E-state index < -0.39 is 0 Å². The molecule has 1 rings (SSSR count). The number of carbonyl (C=O) groups excluding carboxylic acids is 1. The third kappa shape index (κ3) is 4.46. The monoisotopic (exact) mass is 245 g/mol. The molecule has 0 spiro atoms. The summed E-state index contributed by atoms with van der Waals surface area (Å²) in [6, 6.07) is 4.94. The second-order valence-electron chi connectivity index (χ2n) is 3.20. The van der Waals surface area contributed by atoms with Gasteiger partial charge in [-0.25, -0.2) is 4.98 Å². The van der Waals surface area contributed by atoms with Crippen LogP contribution in [0.2, 0.25) is 0 Å². The predicted molar refractivity (Wildman–Crippen MR) is 64.7 cm³/mol. The number of aromatic nitrogens is 1. The van der Waals surface area contributed by atoms with Gasteiger partial charge in [0.05, 0.1) is 6.10 Å². The van der Waals surface area contributed by atoms with Crippen LogP contribution in [-0.2, 0) is 4.74 Å². The van der Waals surface area contributed by atoms with Crippen molar-refractivity contribution in [2.45, 2.75) is 13.0 Å². The van der Waals surface area contributed by atoms with Gasteiger partial charge in [-0.2, -0.15) is 0 Å². The van der Waals surface area contributed by atoms with Gasteiger partial charge in [0.15, 0.2) is 0 Å². The summed E-state index contributed by atoms with van der Waals surface area (Å²) in [5.74, 6) is 0.0913. The van der Waals surface area contributed by atoms with E-state index in [1.165, 1.54) is 0 Å². The highest BCUT2D eigenvalue weighted by molar-refractivity contribution is 5.92. The van der Waals surface area contributed by atoms with Crippen molar-refractivity contribution in [3.63, 3.8) is 0 Å². The van der Waals surface area contributed by atoms with Gasteiger partial charge < -0.3 is 15.8 Å². The van der Waals surface area contributed by atoms with Crippen LogP contribution in [0.15, 0.2) is 18.2 Å². The molecule has 3 N–H and O–H groups in total. The molecule has 5 nitrogen and oxygen atoms in total. The fourth-order valence-corrected chi connectivity index (χ4v) is 0.988. The van der Waals surface area contributed by atoms with E-state index in [0.29, 0.717) is 18.1 Å². The lowest BCUT2D eigenvalue weighted by Crippen LogP contribution is -2.32. The van der Waals surface area contributed by atoms with Crippen LogP contribution < -0.4 is 11.1 Å². The van der Waals surface area contributed by atoms with Crippen LogP contribution >= 0.6 is 12.4 Å². The van der Waals surface area contributed by atoms with Crippen molar-refractivity contribution in [3.05, 3.63) is 23.9 Å². The maximum atomic E-state index is 11.5. The molecule has 0 aromatic carbocycles. The van der Waals surface area contributed by atoms with Gasteiger partial charge in [0.2, 0.25) is 0 Å². The molecule has 1 atom stereocenters. The fourth-order valence-electron chi connectivity index (χ4n) is 0.988. The van der Waals surface area contributed by atoms with Gasteiger partial charge in [0.1, 0.15) is 11.5 Å². The number of carbonyl (C=O) groups is 1. The summed E-state index contributed by atoms with van der Waals surface area (Å²) in [5, 5.41) is 2.69. The van der Waals surface area contributed by atoms with Gasteiger partial charge in [-0.15, -0.1) is 12.4 Å². The van der Waals surface area contributed by atoms with Crippen LogP contribution in [0.1, 0.15) is 17.4 Å². The largest absolute Gasteiger partial charge is 0.384 e. The maximum Gasteiger partial charge on any atom is 0.270 e. The average Bonchev–Trinajstić information content (AvgIpc) is 2.25. The molecule has 0 fully saturated rings. The van der Waals surface area contributed by atoms with E-state index in [9.17, 15) is 4.79 Å². The van der Waals surface area contributed by atoms with Gasteiger partial charge in [-0.1, -0.05) is 6.07 Å². The zero-order valence-corrected chi connectivity index (χ0v) is 10.1. The number of nitrogens with two attached hydrogens (primary N) is 1. The molecule has 16 heavy (non-hydrogen) atoms. The minimum Gasteiger partial charge on any atom is -0.384 e. The number of anilines is 1. The smallest absolute Gasteiger partial charge is 0.270 e. The number of nitrogens with one attached hydrogen (secondary N) is 1. The van der Waals surface area contributed by atoms with Crippen LogP contribution in [0.25, 0.3) is 0 Å². The molecule has 6 heteroatoms. The summed E-state index contributed by atoms with van der Waals surface area (Å²) in [7, 11) is 1.59. The molecule has 0 radical (unpaired) electrons. The first-order valence-corrected chi connectivity index (χ1v) is 4.67. The van der Waals surface area contributed by atoms with Crippen LogP contribution in [0.3, 0.4) is 0 Å². The summed E-state index contributed by atoms with van der Waals surface area (Å²) >= 11 is 0. The number of halogens is 1. The van der Waals surface area contributed by atoms with E-state index >= 15 is 0 Å². The second kappa shape index (κ2) is 7.03. The van der Waals surface area contributed by atoms with Gasteiger partial charge >= 0.3 is 0 Å².